The third kappa shape index (κ3) is 1.44. The van der Waals surface area contributed by atoms with E-state index in [2.05, 4.69) is 6.92 Å². The Morgan fingerprint density at radius 2 is 1.93 bits per heavy atom. The monoisotopic (exact) mass is 198 g/mol. The zero-order valence-corrected chi connectivity index (χ0v) is 8.66. The zero-order chi connectivity index (χ0) is 10.2. The van der Waals surface area contributed by atoms with Crippen molar-refractivity contribution in [2.45, 2.75) is 32.6 Å². The fourth-order valence-electron chi connectivity index (χ4n) is 3.12. The number of ether oxygens (including phenoxy) is 1. The Kier molecular flexibility index (Phi) is 2.52. The highest BCUT2D eigenvalue weighted by molar-refractivity contribution is 5.76. The second kappa shape index (κ2) is 3.54. The summed E-state index contributed by atoms with van der Waals surface area (Å²) in [5.41, 5.74) is -0.400. The summed E-state index contributed by atoms with van der Waals surface area (Å²) < 4.78 is 5.28. The molecule has 1 heterocycles. The van der Waals surface area contributed by atoms with Crippen molar-refractivity contribution in [3.63, 3.8) is 0 Å². The number of hydrogen-bond donors (Lipinski definition) is 1. The minimum Gasteiger partial charge on any atom is -0.481 e. The van der Waals surface area contributed by atoms with E-state index in [1.807, 2.05) is 0 Å². The van der Waals surface area contributed by atoms with Gasteiger partial charge in [-0.25, -0.2) is 0 Å². The van der Waals surface area contributed by atoms with Crippen LogP contribution in [0.5, 0.6) is 0 Å². The lowest BCUT2D eigenvalue weighted by Crippen LogP contribution is -2.50. The van der Waals surface area contributed by atoms with Gasteiger partial charge < -0.3 is 9.84 Å². The maximum atomic E-state index is 11.3. The SMILES string of the molecule is CC1CC(C(=O)O)(C2CCOCC2)C1. The first-order valence-corrected chi connectivity index (χ1v) is 5.46. The van der Waals surface area contributed by atoms with Crippen LogP contribution >= 0.6 is 0 Å². The third-order valence-electron chi connectivity index (χ3n) is 3.85. The molecule has 1 aliphatic heterocycles. The number of carboxylic acid groups (broad SMARTS) is 1. The standard InChI is InChI=1S/C11H18O3/c1-8-6-11(7-8,10(12)13)9-2-4-14-5-3-9/h8-9H,2-7H2,1H3,(H,12,13). The second-order valence-electron chi connectivity index (χ2n) is 4.86. The molecule has 1 saturated carbocycles. The van der Waals surface area contributed by atoms with E-state index in [0.29, 0.717) is 11.8 Å². The fourth-order valence-corrected chi connectivity index (χ4v) is 3.12. The third-order valence-corrected chi connectivity index (χ3v) is 3.85. The first kappa shape index (κ1) is 9.97. The molecule has 0 atom stereocenters. The van der Waals surface area contributed by atoms with Gasteiger partial charge in [0.2, 0.25) is 0 Å². The lowest BCUT2D eigenvalue weighted by molar-refractivity contribution is -0.168. The molecule has 3 heteroatoms. The number of carbonyl (C=O) groups is 1. The van der Waals surface area contributed by atoms with E-state index in [1.54, 1.807) is 0 Å². The Morgan fingerprint density at radius 1 is 1.36 bits per heavy atom. The van der Waals surface area contributed by atoms with Crippen LogP contribution in [0.3, 0.4) is 0 Å². The van der Waals surface area contributed by atoms with E-state index >= 15 is 0 Å². The van der Waals surface area contributed by atoms with Gasteiger partial charge in [0, 0.05) is 13.2 Å². The molecule has 0 aromatic heterocycles. The number of carboxylic acids is 1. The Bertz CT molecular complexity index is 225. The van der Waals surface area contributed by atoms with Crippen molar-refractivity contribution in [2.24, 2.45) is 17.3 Å². The number of hydrogen-bond acceptors (Lipinski definition) is 2. The average molecular weight is 198 g/mol. The molecule has 2 rings (SSSR count). The van der Waals surface area contributed by atoms with Crippen molar-refractivity contribution in [2.75, 3.05) is 13.2 Å². The van der Waals surface area contributed by atoms with Gasteiger partial charge in [-0.3, -0.25) is 4.79 Å². The Morgan fingerprint density at radius 3 is 2.36 bits per heavy atom. The summed E-state index contributed by atoms with van der Waals surface area (Å²) in [5.74, 6) is 0.362. The van der Waals surface area contributed by atoms with Gasteiger partial charge in [0.1, 0.15) is 0 Å². The topological polar surface area (TPSA) is 46.5 Å². The molecule has 1 aliphatic carbocycles. The highest BCUT2D eigenvalue weighted by Gasteiger charge is 2.53. The first-order chi connectivity index (χ1) is 6.65. The summed E-state index contributed by atoms with van der Waals surface area (Å²) in [7, 11) is 0. The van der Waals surface area contributed by atoms with Crippen molar-refractivity contribution in [1.82, 2.24) is 0 Å². The van der Waals surface area contributed by atoms with Gasteiger partial charge in [0.05, 0.1) is 5.41 Å². The molecule has 2 aliphatic rings. The molecular formula is C11H18O3. The maximum absolute atomic E-state index is 11.3. The van der Waals surface area contributed by atoms with Gasteiger partial charge in [0.25, 0.3) is 0 Å². The van der Waals surface area contributed by atoms with Crippen LogP contribution in [0.1, 0.15) is 32.6 Å². The quantitative estimate of drug-likeness (QED) is 0.737. The van der Waals surface area contributed by atoms with Crippen LogP contribution in [-0.4, -0.2) is 24.3 Å². The molecule has 14 heavy (non-hydrogen) atoms. The van der Waals surface area contributed by atoms with E-state index < -0.39 is 11.4 Å². The molecule has 0 bridgehead atoms. The molecule has 0 unspecified atom stereocenters. The molecule has 2 fully saturated rings. The molecule has 80 valence electrons. The molecule has 3 nitrogen and oxygen atoms in total. The van der Waals surface area contributed by atoms with Gasteiger partial charge in [-0.1, -0.05) is 6.92 Å². The van der Waals surface area contributed by atoms with Crippen molar-refractivity contribution >= 4 is 5.97 Å². The van der Waals surface area contributed by atoms with E-state index in [-0.39, 0.29) is 0 Å². The van der Waals surface area contributed by atoms with Crippen LogP contribution in [0.25, 0.3) is 0 Å². The molecule has 0 aromatic rings. The Hall–Kier alpha value is -0.570. The summed E-state index contributed by atoms with van der Waals surface area (Å²) >= 11 is 0. The molecule has 1 N–H and O–H groups in total. The molecule has 0 radical (unpaired) electrons. The highest BCUT2D eigenvalue weighted by atomic mass is 16.5. The van der Waals surface area contributed by atoms with Crippen molar-refractivity contribution in [3.8, 4) is 0 Å². The average Bonchev–Trinajstić information content (AvgIpc) is 2.13. The van der Waals surface area contributed by atoms with Crippen molar-refractivity contribution < 1.29 is 14.6 Å². The molecular weight excluding hydrogens is 180 g/mol. The van der Waals surface area contributed by atoms with E-state index in [0.717, 1.165) is 38.9 Å². The summed E-state index contributed by atoms with van der Waals surface area (Å²) in [6.07, 6.45) is 3.60. The molecule has 0 aromatic carbocycles. The number of rotatable bonds is 2. The van der Waals surface area contributed by atoms with Crippen molar-refractivity contribution in [3.05, 3.63) is 0 Å². The largest absolute Gasteiger partial charge is 0.481 e. The van der Waals surface area contributed by atoms with Crippen molar-refractivity contribution in [1.29, 1.82) is 0 Å². The number of aliphatic carboxylic acids is 1. The normalized spacial score (nSPS) is 39.1. The summed E-state index contributed by atoms with van der Waals surface area (Å²) in [6.45, 7) is 3.63. The van der Waals surface area contributed by atoms with Crippen LogP contribution in [-0.2, 0) is 9.53 Å². The molecule has 0 spiro atoms. The van der Waals surface area contributed by atoms with Crippen LogP contribution in [0.2, 0.25) is 0 Å². The predicted octanol–water partition coefficient (Wildman–Crippen LogP) is 1.91. The van der Waals surface area contributed by atoms with Gasteiger partial charge >= 0.3 is 5.97 Å². The van der Waals surface area contributed by atoms with E-state index in [9.17, 15) is 9.90 Å². The van der Waals surface area contributed by atoms with Gasteiger partial charge in [-0.15, -0.1) is 0 Å². The summed E-state index contributed by atoms with van der Waals surface area (Å²) in [5, 5.41) is 9.31. The van der Waals surface area contributed by atoms with E-state index in [4.69, 9.17) is 4.74 Å². The predicted molar refractivity (Wildman–Crippen MR) is 52.0 cm³/mol. The lowest BCUT2D eigenvalue weighted by atomic mass is 9.55. The summed E-state index contributed by atoms with van der Waals surface area (Å²) in [6, 6.07) is 0. The Labute approximate surface area is 84.4 Å². The zero-order valence-electron chi connectivity index (χ0n) is 8.66. The summed E-state index contributed by atoms with van der Waals surface area (Å²) in [4.78, 5) is 11.3. The Balaban J connectivity index is 2.07. The lowest BCUT2D eigenvalue weighted by Gasteiger charge is -2.49. The maximum Gasteiger partial charge on any atom is 0.309 e. The van der Waals surface area contributed by atoms with Crippen LogP contribution < -0.4 is 0 Å². The van der Waals surface area contributed by atoms with Gasteiger partial charge in [-0.2, -0.15) is 0 Å². The van der Waals surface area contributed by atoms with Crippen LogP contribution in [0, 0.1) is 17.3 Å². The molecule has 0 amide bonds. The van der Waals surface area contributed by atoms with Crippen LogP contribution in [0.4, 0.5) is 0 Å². The van der Waals surface area contributed by atoms with Crippen LogP contribution in [0.15, 0.2) is 0 Å². The second-order valence-corrected chi connectivity index (χ2v) is 4.86. The van der Waals surface area contributed by atoms with Gasteiger partial charge in [0.15, 0.2) is 0 Å². The fraction of sp³-hybridized carbons (Fsp3) is 0.909. The first-order valence-electron chi connectivity index (χ1n) is 5.46. The minimum absolute atomic E-state index is 0.352. The molecule has 1 saturated heterocycles. The van der Waals surface area contributed by atoms with Gasteiger partial charge in [-0.05, 0) is 37.5 Å². The highest BCUT2D eigenvalue weighted by Crippen LogP contribution is 2.53. The van der Waals surface area contributed by atoms with E-state index in [1.165, 1.54) is 0 Å². The smallest absolute Gasteiger partial charge is 0.309 e. The minimum atomic E-state index is -0.581.